The van der Waals surface area contributed by atoms with Gasteiger partial charge >= 0.3 is 0 Å². The quantitative estimate of drug-likeness (QED) is 0.777. The molecule has 2 nitrogen and oxygen atoms in total. The average Bonchev–Trinajstić information content (AvgIpc) is 2.16. The maximum atomic E-state index is 13.5. The minimum atomic E-state index is -2.89. The van der Waals surface area contributed by atoms with E-state index in [2.05, 4.69) is 0 Å². The van der Waals surface area contributed by atoms with Crippen molar-refractivity contribution in [3.05, 3.63) is 34.9 Å². The molecule has 2 N–H and O–H groups in total. The molecule has 2 rings (SSSR count). The zero-order valence-electron chi connectivity index (χ0n) is 8.47. The van der Waals surface area contributed by atoms with Gasteiger partial charge in [0.15, 0.2) is 0 Å². The first-order valence-electron chi connectivity index (χ1n) is 4.86. The fourth-order valence-electron chi connectivity index (χ4n) is 1.89. The summed E-state index contributed by atoms with van der Waals surface area (Å²) < 4.78 is 31.8. The van der Waals surface area contributed by atoms with E-state index in [1.165, 1.54) is 6.07 Å². The smallest absolute Gasteiger partial charge is 0.296 e. The summed E-state index contributed by atoms with van der Waals surface area (Å²) in [5, 5.41) is 0. The van der Waals surface area contributed by atoms with E-state index in [0.717, 1.165) is 5.56 Å². The van der Waals surface area contributed by atoms with Gasteiger partial charge in [0, 0.05) is 11.6 Å². The van der Waals surface area contributed by atoms with Crippen LogP contribution in [0, 0.1) is 0 Å². The second kappa shape index (κ2) is 3.54. The van der Waals surface area contributed by atoms with E-state index in [9.17, 15) is 8.78 Å². The van der Waals surface area contributed by atoms with Gasteiger partial charge < -0.3 is 10.5 Å². The number of rotatable bonds is 1. The van der Waals surface area contributed by atoms with Gasteiger partial charge in [-0.3, -0.25) is 0 Å². The van der Waals surface area contributed by atoms with Crippen molar-refractivity contribution in [2.75, 3.05) is 6.61 Å². The van der Waals surface area contributed by atoms with Crippen LogP contribution in [-0.2, 0) is 17.3 Å². The van der Waals surface area contributed by atoms with Gasteiger partial charge in [-0.2, -0.15) is 8.78 Å². The van der Waals surface area contributed by atoms with Crippen molar-refractivity contribution in [2.24, 2.45) is 5.73 Å². The number of alkyl halides is 2. The summed E-state index contributed by atoms with van der Waals surface area (Å²) in [5.74, 6) is -2.89. The van der Waals surface area contributed by atoms with Crippen molar-refractivity contribution in [2.45, 2.75) is 25.5 Å². The molecule has 0 saturated carbocycles. The first-order valence-corrected chi connectivity index (χ1v) is 4.86. The van der Waals surface area contributed by atoms with Gasteiger partial charge in [0.1, 0.15) is 6.61 Å². The van der Waals surface area contributed by atoms with Crippen LogP contribution in [0.5, 0.6) is 0 Å². The Kier molecular flexibility index (Phi) is 2.48. The van der Waals surface area contributed by atoms with Gasteiger partial charge in [-0.25, -0.2) is 0 Å². The lowest BCUT2D eigenvalue weighted by Crippen LogP contribution is -2.29. The van der Waals surface area contributed by atoms with Crippen LogP contribution in [0.3, 0.4) is 0 Å². The lowest BCUT2D eigenvalue weighted by molar-refractivity contribution is -0.103. The van der Waals surface area contributed by atoms with E-state index in [1.807, 2.05) is 0 Å². The number of halogens is 2. The summed E-state index contributed by atoms with van der Waals surface area (Å²) in [6.45, 7) is 1.47. The van der Waals surface area contributed by atoms with E-state index in [-0.39, 0.29) is 18.2 Å². The minimum absolute atomic E-state index is 0.0588. The Bertz CT molecular complexity index is 377. The molecule has 0 bridgehead atoms. The van der Waals surface area contributed by atoms with E-state index < -0.39 is 12.5 Å². The summed E-state index contributed by atoms with van der Waals surface area (Å²) in [5.41, 5.74) is 7.07. The molecular formula is C11H13F2NO. The third-order valence-corrected chi connectivity index (χ3v) is 2.63. The molecule has 0 radical (unpaired) electrons. The summed E-state index contributed by atoms with van der Waals surface area (Å²) in [6.07, 6.45) is 0. The van der Waals surface area contributed by atoms with Crippen molar-refractivity contribution >= 4 is 0 Å². The Morgan fingerprint density at radius 2 is 2.20 bits per heavy atom. The Morgan fingerprint density at radius 3 is 2.87 bits per heavy atom. The topological polar surface area (TPSA) is 35.2 Å². The second-order valence-corrected chi connectivity index (χ2v) is 3.86. The molecule has 1 atom stereocenters. The molecule has 0 aromatic heterocycles. The number of benzene rings is 1. The average molecular weight is 213 g/mol. The van der Waals surface area contributed by atoms with Crippen molar-refractivity contribution < 1.29 is 13.5 Å². The zero-order chi connectivity index (χ0) is 11.1. The molecular weight excluding hydrogens is 200 g/mol. The van der Waals surface area contributed by atoms with Crippen molar-refractivity contribution in [1.82, 2.24) is 0 Å². The highest BCUT2D eigenvalue weighted by atomic mass is 19.3. The van der Waals surface area contributed by atoms with Gasteiger partial charge in [0.05, 0.1) is 6.61 Å². The maximum absolute atomic E-state index is 13.5. The standard InChI is InChI=1S/C11H13F2NO/c1-7(14)8-3-2-4-10-9(8)5-15-6-11(10,12)13/h2-4,7H,5-6,14H2,1H3/t7-/m1/s1. The summed E-state index contributed by atoms with van der Waals surface area (Å²) in [6, 6.07) is 4.59. The Balaban J connectivity index is 2.56. The van der Waals surface area contributed by atoms with Gasteiger partial charge in [-0.1, -0.05) is 18.2 Å². The van der Waals surface area contributed by atoms with Crippen LogP contribution in [0.15, 0.2) is 18.2 Å². The molecule has 0 amide bonds. The first kappa shape index (κ1) is 10.5. The fraction of sp³-hybridized carbons (Fsp3) is 0.455. The summed E-state index contributed by atoms with van der Waals surface area (Å²) in [4.78, 5) is 0. The van der Waals surface area contributed by atoms with Crippen LogP contribution in [0.1, 0.15) is 29.7 Å². The summed E-state index contributed by atoms with van der Waals surface area (Å²) in [7, 11) is 0. The number of fused-ring (bicyclic) bond motifs is 1. The zero-order valence-corrected chi connectivity index (χ0v) is 8.47. The fourth-order valence-corrected chi connectivity index (χ4v) is 1.89. The van der Waals surface area contributed by atoms with Crippen LogP contribution in [0.2, 0.25) is 0 Å². The van der Waals surface area contributed by atoms with Gasteiger partial charge in [0.25, 0.3) is 5.92 Å². The lowest BCUT2D eigenvalue weighted by Gasteiger charge is -2.28. The van der Waals surface area contributed by atoms with Crippen LogP contribution in [-0.4, -0.2) is 6.61 Å². The third kappa shape index (κ3) is 1.75. The third-order valence-electron chi connectivity index (χ3n) is 2.63. The molecule has 0 aliphatic carbocycles. The van der Waals surface area contributed by atoms with Crippen LogP contribution in [0.4, 0.5) is 8.78 Å². The SMILES string of the molecule is C[C@@H](N)c1cccc2c1COCC2(F)F. The normalized spacial score (nSPS) is 20.8. The molecule has 1 aliphatic rings. The molecule has 15 heavy (non-hydrogen) atoms. The molecule has 0 unspecified atom stereocenters. The predicted octanol–water partition coefficient (Wildman–Crippen LogP) is 2.33. The molecule has 1 aliphatic heterocycles. The number of ether oxygens (including phenoxy) is 1. The highest BCUT2D eigenvalue weighted by Crippen LogP contribution is 2.37. The highest BCUT2D eigenvalue weighted by Gasteiger charge is 2.38. The minimum Gasteiger partial charge on any atom is -0.370 e. The van der Waals surface area contributed by atoms with Crippen LogP contribution in [0.25, 0.3) is 0 Å². The molecule has 0 spiro atoms. The molecule has 0 fully saturated rings. The van der Waals surface area contributed by atoms with Crippen LogP contribution >= 0.6 is 0 Å². The lowest BCUT2D eigenvalue weighted by atomic mass is 9.92. The van der Waals surface area contributed by atoms with E-state index >= 15 is 0 Å². The molecule has 4 heteroatoms. The van der Waals surface area contributed by atoms with Crippen molar-refractivity contribution in [1.29, 1.82) is 0 Å². The number of nitrogens with two attached hydrogens (primary N) is 1. The van der Waals surface area contributed by atoms with E-state index in [1.54, 1.807) is 19.1 Å². The van der Waals surface area contributed by atoms with Crippen molar-refractivity contribution in [3.8, 4) is 0 Å². The summed E-state index contributed by atoms with van der Waals surface area (Å²) >= 11 is 0. The Hall–Kier alpha value is -1.00. The molecule has 1 aromatic rings. The van der Waals surface area contributed by atoms with E-state index in [4.69, 9.17) is 10.5 Å². The molecule has 1 aromatic carbocycles. The maximum Gasteiger partial charge on any atom is 0.296 e. The van der Waals surface area contributed by atoms with Crippen LogP contribution < -0.4 is 5.73 Å². The monoisotopic (exact) mass is 213 g/mol. The molecule has 0 saturated heterocycles. The van der Waals surface area contributed by atoms with E-state index in [0.29, 0.717) is 5.56 Å². The predicted molar refractivity (Wildman–Crippen MR) is 52.6 cm³/mol. The Labute approximate surface area is 87.0 Å². The largest absolute Gasteiger partial charge is 0.370 e. The Morgan fingerprint density at radius 1 is 1.47 bits per heavy atom. The van der Waals surface area contributed by atoms with Gasteiger partial charge in [-0.05, 0) is 18.1 Å². The number of hydrogen-bond donors (Lipinski definition) is 1. The highest BCUT2D eigenvalue weighted by molar-refractivity contribution is 5.40. The number of hydrogen-bond acceptors (Lipinski definition) is 2. The van der Waals surface area contributed by atoms with Gasteiger partial charge in [-0.15, -0.1) is 0 Å². The molecule has 82 valence electrons. The van der Waals surface area contributed by atoms with Crippen molar-refractivity contribution in [3.63, 3.8) is 0 Å². The molecule has 1 heterocycles. The first-order chi connectivity index (χ1) is 7.02. The second-order valence-electron chi connectivity index (χ2n) is 3.86. The van der Waals surface area contributed by atoms with Gasteiger partial charge in [0.2, 0.25) is 0 Å².